The van der Waals surface area contributed by atoms with Crippen LogP contribution in [0.25, 0.3) is 0 Å². The monoisotopic (exact) mass is 290 g/mol. The first-order chi connectivity index (χ1) is 9.65. The summed E-state index contributed by atoms with van der Waals surface area (Å²) < 4.78 is 13.0. The maximum absolute atomic E-state index is 13.0. The average Bonchev–Trinajstić information content (AvgIpc) is 2.44. The molecule has 0 fully saturated rings. The molecule has 0 aliphatic rings. The van der Waals surface area contributed by atoms with Crippen molar-refractivity contribution in [1.82, 2.24) is 0 Å². The molecule has 0 aliphatic heterocycles. The van der Waals surface area contributed by atoms with Gasteiger partial charge in [-0.15, -0.1) is 11.8 Å². The second-order valence-corrected chi connectivity index (χ2v) is 5.25. The highest BCUT2D eigenvalue weighted by atomic mass is 32.2. The summed E-state index contributed by atoms with van der Waals surface area (Å²) in [5.74, 6) is 0.504. The molecule has 1 amide bonds. The van der Waals surface area contributed by atoms with Crippen molar-refractivity contribution in [3.8, 4) is 0 Å². The van der Waals surface area contributed by atoms with Crippen molar-refractivity contribution in [2.24, 2.45) is 0 Å². The van der Waals surface area contributed by atoms with Gasteiger partial charge in [-0.3, -0.25) is 4.79 Å². The Morgan fingerprint density at radius 3 is 2.65 bits per heavy atom. The zero-order valence-corrected chi connectivity index (χ0v) is 11.6. The minimum absolute atomic E-state index is 0.0275. The van der Waals surface area contributed by atoms with E-state index in [-0.39, 0.29) is 11.6 Å². The lowest BCUT2D eigenvalue weighted by Gasteiger charge is -2.06. The summed E-state index contributed by atoms with van der Waals surface area (Å²) in [5.41, 5.74) is 7.15. The summed E-state index contributed by atoms with van der Waals surface area (Å²) in [6.07, 6.45) is 0. The minimum atomic E-state index is -0.485. The van der Waals surface area contributed by atoms with E-state index < -0.39 is 5.82 Å². The molecule has 2 aromatic carbocycles. The van der Waals surface area contributed by atoms with Gasteiger partial charge >= 0.3 is 0 Å². The molecule has 104 valence electrons. The van der Waals surface area contributed by atoms with Crippen molar-refractivity contribution in [3.05, 3.63) is 59.9 Å². The highest BCUT2D eigenvalue weighted by molar-refractivity contribution is 7.99. The largest absolute Gasteiger partial charge is 0.396 e. The number of hydrogen-bond donors (Lipinski definition) is 2. The molecular weight excluding hydrogens is 275 g/mol. The van der Waals surface area contributed by atoms with Crippen molar-refractivity contribution in [2.75, 3.05) is 16.8 Å². The Labute approximate surface area is 121 Å². The van der Waals surface area contributed by atoms with Crippen molar-refractivity contribution in [2.45, 2.75) is 5.75 Å². The maximum atomic E-state index is 13.0. The zero-order valence-electron chi connectivity index (χ0n) is 10.8. The average molecular weight is 290 g/mol. The molecule has 0 radical (unpaired) electrons. The number of carbonyl (C=O) groups is 1. The Morgan fingerprint density at radius 2 is 1.95 bits per heavy atom. The first-order valence-corrected chi connectivity index (χ1v) is 7.27. The van der Waals surface area contributed by atoms with Crippen LogP contribution in [0.2, 0.25) is 0 Å². The Balaban J connectivity index is 1.79. The van der Waals surface area contributed by atoms with Crippen LogP contribution in [0.4, 0.5) is 15.8 Å². The molecule has 0 spiro atoms. The zero-order chi connectivity index (χ0) is 14.4. The van der Waals surface area contributed by atoms with Gasteiger partial charge in [0.15, 0.2) is 0 Å². The molecule has 5 heteroatoms. The summed E-state index contributed by atoms with van der Waals surface area (Å²) in [5, 5.41) is 2.69. The number of amides is 1. The number of nitrogens with two attached hydrogens (primary N) is 1. The van der Waals surface area contributed by atoms with E-state index in [4.69, 9.17) is 5.73 Å². The van der Waals surface area contributed by atoms with E-state index in [1.165, 1.54) is 35.5 Å². The highest BCUT2D eigenvalue weighted by Gasteiger charge is 2.05. The van der Waals surface area contributed by atoms with E-state index in [2.05, 4.69) is 5.32 Å². The molecule has 0 aliphatic carbocycles. The van der Waals surface area contributed by atoms with Crippen LogP contribution in [0.5, 0.6) is 0 Å². The van der Waals surface area contributed by atoms with Gasteiger partial charge < -0.3 is 11.1 Å². The van der Waals surface area contributed by atoms with E-state index in [0.717, 1.165) is 5.75 Å². The Kier molecular flexibility index (Phi) is 5.01. The normalized spacial score (nSPS) is 10.2. The smallest absolute Gasteiger partial charge is 0.234 e. The fourth-order valence-electron chi connectivity index (χ4n) is 1.65. The standard InChI is InChI=1S/C15H15FN2OS/c16-13-7-6-12(8-14(13)17)18-15(19)10-20-9-11-4-2-1-3-5-11/h1-8H,9-10,17H2,(H,18,19). The second-order valence-electron chi connectivity index (χ2n) is 4.26. The Hall–Kier alpha value is -2.01. The molecule has 0 bridgehead atoms. The second kappa shape index (κ2) is 6.96. The fraction of sp³-hybridized carbons (Fsp3) is 0.133. The van der Waals surface area contributed by atoms with Crippen LogP contribution in [0, 0.1) is 5.82 Å². The van der Waals surface area contributed by atoms with E-state index in [9.17, 15) is 9.18 Å². The van der Waals surface area contributed by atoms with E-state index in [1.54, 1.807) is 0 Å². The lowest BCUT2D eigenvalue weighted by Crippen LogP contribution is -2.14. The van der Waals surface area contributed by atoms with Gasteiger partial charge in [0.2, 0.25) is 5.91 Å². The van der Waals surface area contributed by atoms with Gasteiger partial charge in [-0.2, -0.15) is 0 Å². The SMILES string of the molecule is Nc1cc(NC(=O)CSCc2ccccc2)ccc1F. The van der Waals surface area contributed by atoms with Gasteiger partial charge in [0.1, 0.15) is 5.82 Å². The molecule has 0 heterocycles. The Bertz CT molecular complexity index is 590. The molecule has 2 rings (SSSR count). The topological polar surface area (TPSA) is 55.1 Å². The number of rotatable bonds is 5. The highest BCUT2D eigenvalue weighted by Crippen LogP contribution is 2.17. The number of hydrogen-bond acceptors (Lipinski definition) is 3. The lowest BCUT2D eigenvalue weighted by atomic mass is 10.2. The third-order valence-corrected chi connectivity index (χ3v) is 3.63. The summed E-state index contributed by atoms with van der Waals surface area (Å²) in [7, 11) is 0. The third-order valence-electron chi connectivity index (χ3n) is 2.62. The van der Waals surface area contributed by atoms with E-state index >= 15 is 0 Å². The van der Waals surface area contributed by atoms with Gasteiger partial charge in [0.25, 0.3) is 0 Å². The summed E-state index contributed by atoms with van der Waals surface area (Å²) >= 11 is 1.52. The molecule has 0 saturated carbocycles. The van der Waals surface area contributed by atoms with Crippen LogP contribution in [-0.4, -0.2) is 11.7 Å². The molecule has 3 N–H and O–H groups in total. The summed E-state index contributed by atoms with van der Waals surface area (Å²) in [6, 6.07) is 14.1. The first-order valence-electron chi connectivity index (χ1n) is 6.11. The number of nitrogen functional groups attached to an aromatic ring is 1. The minimum Gasteiger partial charge on any atom is -0.396 e. The first kappa shape index (κ1) is 14.4. The quantitative estimate of drug-likeness (QED) is 0.831. The van der Waals surface area contributed by atoms with Crippen LogP contribution < -0.4 is 11.1 Å². The fourth-order valence-corrected chi connectivity index (χ4v) is 2.44. The van der Waals surface area contributed by atoms with E-state index in [0.29, 0.717) is 11.4 Å². The third kappa shape index (κ3) is 4.28. The van der Waals surface area contributed by atoms with Crippen LogP contribution in [0.15, 0.2) is 48.5 Å². The number of thioether (sulfide) groups is 1. The predicted molar refractivity (Wildman–Crippen MR) is 82.0 cm³/mol. The van der Waals surface area contributed by atoms with Crippen LogP contribution >= 0.6 is 11.8 Å². The van der Waals surface area contributed by atoms with Crippen LogP contribution in [-0.2, 0) is 10.5 Å². The molecule has 2 aromatic rings. The van der Waals surface area contributed by atoms with Crippen molar-refractivity contribution in [3.63, 3.8) is 0 Å². The van der Waals surface area contributed by atoms with Gasteiger partial charge in [0.05, 0.1) is 11.4 Å². The summed E-state index contributed by atoms with van der Waals surface area (Å²) in [6.45, 7) is 0. The van der Waals surface area contributed by atoms with Crippen molar-refractivity contribution >= 4 is 29.0 Å². The van der Waals surface area contributed by atoms with Gasteiger partial charge in [-0.25, -0.2) is 4.39 Å². The van der Waals surface area contributed by atoms with Crippen molar-refractivity contribution < 1.29 is 9.18 Å². The number of carbonyl (C=O) groups excluding carboxylic acids is 1. The predicted octanol–water partition coefficient (Wildman–Crippen LogP) is 3.28. The molecular formula is C15H15FN2OS. The summed E-state index contributed by atoms with van der Waals surface area (Å²) in [4.78, 5) is 11.7. The number of nitrogens with one attached hydrogen (secondary N) is 1. The molecule has 0 saturated heterocycles. The molecule has 3 nitrogen and oxygen atoms in total. The van der Waals surface area contributed by atoms with Crippen molar-refractivity contribution in [1.29, 1.82) is 0 Å². The lowest BCUT2D eigenvalue weighted by molar-refractivity contribution is -0.113. The molecule has 0 unspecified atom stereocenters. The van der Waals surface area contributed by atoms with Crippen LogP contribution in [0.3, 0.4) is 0 Å². The molecule has 20 heavy (non-hydrogen) atoms. The molecule has 0 aromatic heterocycles. The maximum Gasteiger partial charge on any atom is 0.234 e. The van der Waals surface area contributed by atoms with Crippen LogP contribution in [0.1, 0.15) is 5.56 Å². The van der Waals surface area contributed by atoms with Gasteiger partial charge in [-0.1, -0.05) is 30.3 Å². The number of benzene rings is 2. The number of halogens is 1. The number of anilines is 2. The van der Waals surface area contributed by atoms with Gasteiger partial charge in [0, 0.05) is 11.4 Å². The van der Waals surface area contributed by atoms with Gasteiger partial charge in [-0.05, 0) is 23.8 Å². The molecule has 0 atom stereocenters. The van der Waals surface area contributed by atoms with E-state index in [1.807, 2.05) is 30.3 Å². The Morgan fingerprint density at radius 1 is 1.20 bits per heavy atom.